The molecule has 0 heterocycles. The van der Waals surface area contributed by atoms with E-state index in [0.717, 1.165) is 6.42 Å². The largest absolute Gasteiger partial charge is 0.370 e. The highest BCUT2D eigenvalue weighted by Gasteiger charge is 2.15. The molecule has 1 atom stereocenters. The van der Waals surface area contributed by atoms with Crippen LogP contribution < -0.4 is 27.8 Å². The molecular weight excluding hydrogens is 278 g/mol. The van der Waals surface area contributed by atoms with Crippen LogP contribution in [0.2, 0.25) is 0 Å². The number of hydrogen-bond acceptors (Lipinski definition) is 4. The van der Waals surface area contributed by atoms with Crippen LogP contribution in [0.4, 0.5) is 4.79 Å². The van der Waals surface area contributed by atoms with Crippen LogP contribution in [0.15, 0.2) is 12.2 Å². The van der Waals surface area contributed by atoms with Gasteiger partial charge in [-0.1, -0.05) is 13.5 Å². The van der Waals surface area contributed by atoms with E-state index in [2.05, 4.69) is 17.2 Å². The first kappa shape index (κ1) is 20.7. The van der Waals surface area contributed by atoms with Crippen molar-refractivity contribution in [2.24, 2.45) is 17.2 Å². The lowest BCUT2D eigenvalue weighted by Gasteiger charge is -2.17. The Hall–Kier alpha value is -2.58. The van der Waals surface area contributed by atoms with Crippen LogP contribution in [0.1, 0.15) is 33.1 Å². The molecule has 0 saturated carbocycles. The average molecular weight is 301 g/mol. The maximum Gasteiger partial charge on any atom is 0.313 e. The van der Waals surface area contributed by atoms with Crippen LogP contribution in [0.25, 0.3) is 0 Å². The molecule has 120 valence electrons. The average Bonchev–Trinajstić information content (AvgIpc) is 2.27. The van der Waals surface area contributed by atoms with E-state index in [9.17, 15) is 19.2 Å². The van der Waals surface area contributed by atoms with Crippen LogP contribution in [0.5, 0.6) is 0 Å². The quantitative estimate of drug-likeness (QED) is 0.294. The van der Waals surface area contributed by atoms with E-state index in [1.165, 1.54) is 6.92 Å². The van der Waals surface area contributed by atoms with E-state index in [-0.39, 0.29) is 17.9 Å². The minimum Gasteiger partial charge on any atom is -0.370 e. The van der Waals surface area contributed by atoms with Crippen molar-refractivity contribution in [2.45, 2.75) is 39.3 Å². The summed E-state index contributed by atoms with van der Waals surface area (Å²) in [5.41, 5.74) is 14.8. The minimum absolute atomic E-state index is 0.211. The third kappa shape index (κ3) is 15.4. The van der Waals surface area contributed by atoms with Gasteiger partial charge in [-0.05, 0) is 13.3 Å². The first-order valence-corrected chi connectivity index (χ1v) is 6.19. The lowest BCUT2D eigenvalue weighted by atomic mass is 10.2. The molecule has 0 aromatic heterocycles. The van der Waals surface area contributed by atoms with E-state index in [0.29, 0.717) is 6.42 Å². The van der Waals surface area contributed by atoms with Crippen LogP contribution in [-0.2, 0) is 14.4 Å². The van der Waals surface area contributed by atoms with Gasteiger partial charge in [-0.2, -0.15) is 0 Å². The molecule has 5 amide bonds. The van der Waals surface area contributed by atoms with Crippen molar-refractivity contribution in [3.8, 4) is 0 Å². The fourth-order valence-corrected chi connectivity index (χ4v) is 1.04. The molecule has 21 heavy (non-hydrogen) atoms. The SMILES string of the molecule is C=C(C)C(=O)NC(CC(N)=O)NC(N)=O.CCCC(N)=O. The molecule has 0 rings (SSSR count). The predicted octanol–water partition coefficient (Wildman–Crippen LogP) is -1.18. The summed E-state index contributed by atoms with van der Waals surface area (Å²) >= 11 is 0. The van der Waals surface area contributed by atoms with Crippen molar-refractivity contribution >= 4 is 23.8 Å². The van der Waals surface area contributed by atoms with Gasteiger partial charge in [-0.15, -0.1) is 0 Å². The number of hydrogen-bond donors (Lipinski definition) is 5. The topological polar surface area (TPSA) is 170 Å². The number of rotatable bonds is 7. The molecule has 1 unspecified atom stereocenters. The fourth-order valence-electron chi connectivity index (χ4n) is 1.04. The third-order valence-electron chi connectivity index (χ3n) is 1.91. The zero-order valence-corrected chi connectivity index (χ0v) is 12.3. The molecule has 0 saturated heterocycles. The summed E-state index contributed by atoms with van der Waals surface area (Å²) in [7, 11) is 0. The van der Waals surface area contributed by atoms with Gasteiger partial charge in [0.05, 0.1) is 6.42 Å². The lowest BCUT2D eigenvalue weighted by Crippen LogP contribution is -2.51. The molecule has 0 bridgehead atoms. The van der Waals surface area contributed by atoms with E-state index >= 15 is 0 Å². The Bertz CT molecular complexity index is 392. The van der Waals surface area contributed by atoms with E-state index in [1.54, 1.807) is 0 Å². The molecule has 0 spiro atoms. The second-order valence-electron chi connectivity index (χ2n) is 4.20. The Morgan fingerprint density at radius 2 is 1.57 bits per heavy atom. The Kier molecular flexibility index (Phi) is 11.1. The van der Waals surface area contributed by atoms with Gasteiger partial charge in [0.2, 0.25) is 17.7 Å². The van der Waals surface area contributed by atoms with Crippen molar-refractivity contribution in [3.05, 3.63) is 12.2 Å². The van der Waals surface area contributed by atoms with Crippen LogP contribution in [0, 0.1) is 0 Å². The Balaban J connectivity index is 0. The number of primary amides is 3. The molecule has 8 N–H and O–H groups in total. The lowest BCUT2D eigenvalue weighted by molar-refractivity contribution is -0.120. The summed E-state index contributed by atoms with van der Waals surface area (Å²) in [4.78, 5) is 42.1. The minimum atomic E-state index is -0.913. The van der Waals surface area contributed by atoms with E-state index < -0.39 is 24.0 Å². The van der Waals surface area contributed by atoms with Gasteiger partial charge >= 0.3 is 6.03 Å². The van der Waals surface area contributed by atoms with Gasteiger partial charge in [0.1, 0.15) is 6.17 Å². The van der Waals surface area contributed by atoms with Crippen LogP contribution >= 0.6 is 0 Å². The molecule has 0 radical (unpaired) electrons. The second-order valence-corrected chi connectivity index (χ2v) is 4.20. The summed E-state index contributed by atoms with van der Waals surface area (Å²) in [6.45, 7) is 6.80. The highest BCUT2D eigenvalue weighted by molar-refractivity contribution is 5.93. The molecule has 0 aliphatic rings. The summed E-state index contributed by atoms with van der Waals surface area (Å²) in [5, 5.41) is 4.49. The molecule has 0 fully saturated rings. The second kappa shape index (κ2) is 11.3. The number of carbonyl (C=O) groups is 4. The van der Waals surface area contributed by atoms with E-state index in [1.807, 2.05) is 6.92 Å². The monoisotopic (exact) mass is 301 g/mol. The number of urea groups is 1. The fraction of sp³-hybridized carbons (Fsp3) is 0.500. The van der Waals surface area contributed by atoms with Crippen molar-refractivity contribution < 1.29 is 19.2 Å². The summed E-state index contributed by atoms with van der Waals surface area (Å²) < 4.78 is 0. The zero-order chi connectivity index (χ0) is 17.0. The zero-order valence-electron chi connectivity index (χ0n) is 12.3. The molecule has 0 aromatic rings. The number of nitrogens with one attached hydrogen (secondary N) is 2. The maximum absolute atomic E-state index is 11.2. The Labute approximate surface area is 123 Å². The van der Waals surface area contributed by atoms with Gasteiger partial charge in [0.15, 0.2) is 0 Å². The van der Waals surface area contributed by atoms with E-state index in [4.69, 9.17) is 17.2 Å². The molecule has 0 aliphatic heterocycles. The van der Waals surface area contributed by atoms with Crippen LogP contribution in [-0.4, -0.2) is 29.9 Å². The number of nitrogens with two attached hydrogens (primary N) is 3. The number of carbonyl (C=O) groups excluding carboxylic acids is 4. The van der Waals surface area contributed by atoms with Crippen LogP contribution in [0.3, 0.4) is 0 Å². The first-order valence-electron chi connectivity index (χ1n) is 6.19. The van der Waals surface area contributed by atoms with Gasteiger partial charge in [-0.25, -0.2) is 4.79 Å². The standard InChI is InChI=1S/C8H14N4O3.C4H9NO/c1-4(2)7(14)11-6(3-5(9)13)12-8(10)15;1-2-3-4(5)6/h6H,1,3H2,2H3,(H2,9,13)(H,11,14)(H3,10,12,15);2-3H2,1H3,(H2,5,6). The van der Waals surface area contributed by atoms with Gasteiger partial charge < -0.3 is 27.8 Å². The molecular formula is C12H23N5O4. The number of amides is 5. The predicted molar refractivity (Wildman–Crippen MR) is 77.4 cm³/mol. The Morgan fingerprint density at radius 1 is 1.05 bits per heavy atom. The Morgan fingerprint density at radius 3 is 1.81 bits per heavy atom. The van der Waals surface area contributed by atoms with Gasteiger partial charge in [-0.3, -0.25) is 14.4 Å². The highest BCUT2D eigenvalue weighted by Crippen LogP contribution is 1.91. The molecule has 0 aliphatic carbocycles. The molecule has 0 aromatic carbocycles. The summed E-state index contributed by atoms with van der Waals surface area (Å²) in [6, 6.07) is -0.858. The third-order valence-corrected chi connectivity index (χ3v) is 1.91. The summed E-state index contributed by atoms with van der Waals surface area (Å²) in [5.74, 6) is -1.37. The molecule has 9 heteroatoms. The maximum atomic E-state index is 11.2. The van der Waals surface area contributed by atoms with Crippen molar-refractivity contribution in [1.82, 2.24) is 10.6 Å². The first-order chi connectivity index (χ1) is 9.59. The molecule has 9 nitrogen and oxygen atoms in total. The smallest absolute Gasteiger partial charge is 0.313 e. The van der Waals surface area contributed by atoms with Gasteiger partial charge in [0.25, 0.3) is 0 Å². The van der Waals surface area contributed by atoms with Crippen molar-refractivity contribution in [1.29, 1.82) is 0 Å². The van der Waals surface area contributed by atoms with Gasteiger partial charge in [0, 0.05) is 12.0 Å². The highest BCUT2D eigenvalue weighted by atomic mass is 16.2. The summed E-state index contributed by atoms with van der Waals surface area (Å²) in [6.07, 6.45) is 0.223. The normalized spacial score (nSPS) is 10.4. The van der Waals surface area contributed by atoms with Crippen molar-refractivity contribution in [3.63, 3.8) is 0 Å². The van der Waals surface area contributed by atoms with Crippen molar-refractivity contribution in [2.75, 3.05) is 0 Å².